The zero-order chi connectivity index (χ0) is 22.4. The number of nitrogens with zero attached hydrogens (tertiary/aromatic N) is 1. The number of hydrogen-bond acceptors (Lipinski definition) is 4. The summed E-state index contributed by atoms with van der Waals surface area (Å²) in [5.41, 5.74) is 3.48. The summed E-state index contributed by atoms with van der Waals surface area (Å²) in [4.78, 5) is 12.5. The van der Waals surface area contributed by atoms with Crippen LogP contribution in [0.2, 0.25) is 0 Å². The topological polar surface area (TPSA) is 82.3 Å². The first-order valence-corrected chi connectivity index (χ1v) is 11.4. The fraction of sp³-hybridized carbons (Fsp3) is 0.0833. The van der Waals surface area contributed by atoms with Crippen molar-refractivity contribution in [2.45, 2.75) is 13.5 Å². The van der Waals surface area contributed by atoms with Gasteiger partial charge in [-0.25, -0.2) is 0 Å². The van der Waals surface area contributed by atoms with Gasteiger partial charge in [0.1, 0.15) is 29.7 Å². The van der Waals surface area contributed by atoms with E-state index in [1.54, 1.807) is 18.2 Å². The molecule has 0 aliphatic rings. The summed E-state index contributed by atoms with van der Waals surface area (Å²) in [7, 11) is 0. The van der Waals surface area contributed by atoms with Crippen molar-refractivity contribution in [3.63, 3.8) is 0 Å². The molecule has 0 aromatic heterocycles. The van der Waals surface area contributed by atoms with E-state index in [2.05, 4.69) is 56.6 Å². The molecular weight excluding hydrogens is 618 g/mol. The Morgan fingerprint density at radius 3 is 2.42 bits per heavy atom. The number of hydrogen-bond donors (Lipinski definition) is 2. The van der Waals surface area contributed by atoms with Crippen LogP contribution in [0.25, 0.3) is 6.08 Å². The molecule has 3 aromatic carbocycles. The number of aromatic hydroxyl groups is 1. The van der Waals surface area contributed by atoms with Crippen molar-refractivity contribution >= 4 is 62.9 Å². The predicted octanol–water partition coefficient (Wildman–Crippen LogP) is 6.03. The molecule has 3 rings (SSSR count). The number of benzene rings is 3. The average molecular weight is 636 g/mol. The van der Waals surface area contributed by atoms with Gasteiger partial charge in [0.2, 0.25) is 0 Å². The predicted molar refractivity (Wildman–Crippen MR) is 138 cm³/mol. The Morgan fingerprint density at radius 2 is 1.81 bits per heavy atom. The van der Waals surface area contributed by atoms with Gasteiger partial charge >= 0.3 is 0 Å². The minimum atomic E-state index is -0.516. The summed E-state index contributed by atoms with van der Waals surface area (Å²) in [5.74, 6) is 0.354. The minimum absolute atomic E-state index is 0.0203. The lowest BCUT2D eigenvalue weighted by Crippen LogP contribution is -2.13. The second-order valence-electron chi connectivity index (χ2n) is 6.76. The van der Waals surface area contributed by atoms with Gasteiger partial charge in [0.25, 0.3) is 5.91 Å². The van der Waals surface area contributed by atoms with Gasteiger partial charge in [-0.3, -0.25) is 4.79 Å². The van der Waals surface area contributed by atoms with Crippen LogP contribution in [-0.2, 0) is 11.4 Å². The second kappa shape index (κ2) is 10.6. The molecule has 0 fully saturated rings. The molecular formula is C24H18I2N2O3. The van der Waals surface area contributed by atoms with Gasteiger partial charge in [-0.15, -0.1) is 0 Å². The minimum Gasteiger partial charge on any atom is -0.508 e. The average Bonchev–Trinajstić information content (AvgIpc) is 2.73. The maximum atomic E-state index is 12.5. The number of carbonyl (C=O) groups is 1. The van der Waals surface area contributed by atoms with E-state index in [-0.39, 0.29) is 11.3 Å². The smallest absolute Gasteiger partial charge is 0.266 e. The molecule has 0 saturated heterocycles. The monoisotopic (exact) mass is 636 g/mol. The number of carbonyl (C=O) groups excluding carboxylic acids is 1. The van der Waals surface area contributed by atoms with Crippen LogP contribution in [0, 0.1) is 25.4 Å². The number of amides is 1. The molecule has 31 heavy (non-hydrogen) atoms. The van der Waals surface area contributed by atoms with E-state index < -0.39 is 5.91 Å². The fourth-order valence-corrected chi connectivity index (χ4v) is 4.94. The van der Waals surface area contributed by atoms with E-state index in [4.69, 9.17) is 4.74 Å². The molecule has 0 atom stereocenters. The third-order valence-electron chi connectivity index (χ3n) is 4.29. The molecule has 2 N–H and O–H groups in total. The molecule has 3 aromatic rings. The normalized spacial score (nSPS) is 11.0. The summed E-state index contributed by atoms with van der Waals surface area (Å²) in [6.07, 6.45) is 1.55. The highest BCUT2D eigenvalue weighted by molar-refractivity contribution is 14.1. The van der Waals surface area contributed by atoms with Gasteiger partial charge in [0.05, 0.1) is 7.14 Å². The van der Waals surface area contributed by atoms with E-state index in [0.29, 0.717) is 12.3 Å². The summed E-state index contributed by atoms with van der Waals surface area (Å²) < 4.78 is 7.81. The molecule has 5 nitrogen and oxygen atoms in total. The maximum absolute atomic E-state index is 12.5. The van der Waals surface area contributed by atoms with Gasteiger partial charge in [-0.05, 0) is 106 Å². The van der Waals surface area contributed by atoms with Crippen LogP contribution in [0.4, 0.5) is 5.69 Å². The molecule has 0 radical (unpaired) electrons. The zero-order valence-corrected chi connectivity index (χ0v) is 20.8. The van der Waals surface area contributed by atoms with Crippen LogP contribution in [0.15, 0.2) is 66.2 Å². The Hall–Kier alpha value is -2.58. The lowest BCUT2D eigenvalue weighted by molar-refractivity contribution is -0.112. The van der Waals surface area contributed by atoms with Crippen molar-refractivity contribution in [2.75, 3.05) is 5.32 Å². The van der Waals surface area contributed by atoms with E-state index in [0.717, 1.165) is 24.0 Å². The lowest BCUT2D eigenvalue weighted by atomic mass is 10.1. The molecule has 0 aliphatic heterocycles. The Kier molecular flexibility index (Phi) is 7.92. The zero-order valence-electron chi connectivity index (χ0n) is 16.5. The third kappa shape index (κ3) is 6.45. The molecule has 7 heteroatoms. The molecule has 0 unspecified atom stereocenters. The molecule has 0 saturated carbocycles. The number of nitriles is 1. The standard InChI is InChI=1S/C24H18I2N2O3/c1-15-3-2-4-16(9-15)14-31-23-21(25)11-17(12-22(23)26)10-18(13-27)24(30)28-19-5-7-20(29)8-6-19/h2-12,29H,14H2,1H3,(H,28,30)/b18-10+. The van der Waals surface area contributed by atoms with E-state index in [9.17, 15) is 15.2 Å². The van der Waals surface area contributed by atoms with Gasteiger partial charge in [-0.2, -0.15) is 5.26 Å². The number of halogens is 2. The van der Waals surface area contributed by atoms with Crippen molar-refractivity contribution < 1.29 is 14.6 Å². The van der Waals surface area contributed by atoms with E-state index >= 15 is 0 Å². The van der Waals surface area contributed by atoms with Crippen LogP contribution in [0.5, 0.6) is 11.5 Å². The SMILES string of the molecule is Cc1cccc(COc2c(I)cc(/C=C(\C#N)C(=O)Nc3ccc(O)cc3)cc2I)c1. The number of anilines is 1. The van der Waals surface area contributed by atoms with Gasteiger partial charge in [0.15, 0.2) is 0 Å². The summed E-state index contributed by atoms with van der Waals surface area (Å²) in [6, 6.07) is 19.9. The van der Waals surface area contributed by atoms with E-state index in [1.165, 1.54) is 17.7 Å². The Bertz CT molecular complexity index is 1160. The highest BCUT2D eigenvalue weighted by Crippen LogP contribution is 2.30. The lowest BCUT2D eigenvalue weighted by Gasteiger charge is -2.12. The van der Waals surface area contributed by atoms with Crippen molar-refractivity contribution in [1.29, 1.82) is 5.26 Å². The third-order valence-corrected chi connectivity index (χ3v) is 5.89. The first-order chi connectivity index (χ1) is 14.9. The van der Waals surface area contributed by atoms with Crippen LogP contribution in [0.1, 0.15) is 16.7 Å². The van der Waals surface area contributed by atoms with Crippen LogP contribution >= 0.6 is 45.2 Å². The fourth-order valence-electron chi connectivity index (χ4n) is 2.82. The van der Waals surface area contributed by atoms with Crippen molar-refractivity contribution in [3.05, 3.63) is 90.1 Å². The van der Waals surface area contributed by atoms with Crippen LogP contribution < -0.4 is 10.1 Å². The summed E-state index contributed by atoms with van der Waals surface area (Å²) >= 11 is 4.39. The molecule has 0 heterocycles. The van der Waals surface area contributed by atoms with E-state index in [1.807, 2.05) is 43.3 Å². The first-order valence-electron chi connectivity index (χ1n) is 9.25. The number of nitrogens with one attached hydrogen (secondary N) is 1. The molecule has 0 bridgehead atoms. The Balaban J connectivity index is 1.76. The Morgan fingerprint density at radius 1 is 1.13 bits per heavy atom. The molecule has 156 valence electrons. The van der Waals surface area contributed by atoms with Crippen LogP contribution in [0.3, 0.4) is 0 Å². The summed E-state index contributed by atoms with van der Waals surface area (Å²) in [6.45, 7) is 2.50. The number of phenolic OH excluding ortho intramolecular Hbond substituents is 1. The molecule has 0 spiro atoms. The summed E-state index contributed by atoms with van der Waals surface area (Å²) in [5, 5.41) is 21.5. The van der Waals surface area contributed by atoms with Crippen molar-refractivity contribution in [2.24, 2.45) is 0 Å². The number of phenols is 1. The maximum Gasteiger partial charge on any atom is 0.266 e. The van der Waals surface area contributed by atoms with Gasteiger partial charge in [-0.1, -0.05) is 29.8 Å². The highest BCUT2D eigenvalue weighted by Gasteiger charge is 2.13. The number of rotatable bonds is 6. The quantitative estimate of drug-likeness (QED) is 0.150. The van der Waals surface area contributed by atoms with Gasteiger partial charge < -0.3 is 15.2 Å². The van der Waals surface area contributed by atoms with Crippen LogP contribution in [-0.4, -0.2) is 11.0 Å². The number of aryl methyl sites for hydroxylation is 1. The van der Waals surface area contributed by atoms with Crippen molar-refractivity contribution in [1.82, 2.24) is 0 Å². The second-order valence-corrected chi connectivity index (χ2v) is 9.09. The number of ether oxygens (including phenoxy) is 1. The van der Waals surface area contributed by atoms with Crippen molar-refractivity contribution in [3.8, 4) is 17.6 Å². The van der Waals surface area contributed by atoms with Gasteiger partial charge in [0, 0.05) is 5.69 Å². The Labute approximate surface area is 208 Å². The molecule has 0 aliphatic carbocycles. The largest absolute Gasteiger partial charge is 0.508 e. The molecule has 1 amide bonds. The highest BCUT2D eigenvalue weighted by atomic mass is 127. The first kappa shape index (κ1) is 23.1.